The Bertz CT molecular complexity index is 3440. The average Bonchev–Trinajstić information content (AvgIpc) is 3.95. The number of benzene rings is 9. The molecule has 0 radical (unpaired) electrons. The Morgan fingerprint density at radius 1 is 0.290 bits per heavy atom. The number of rotatable bonds is 5. The van der Waals surface area contributed by atoms with Crippen molar-refractivity contribution in [3.63, 3.8) is 0 Å². The van der Waals surface area contributed by atoms with Gasteiger partial charge < -0.3 is 0 Å². The van der Waals surface area contributed by atoms with E-state index >= 15 is 0 Å². The summed E-state index contributed by atoms with van der Waals surface area (Å²) in [7, 11) is 0. The molecule has 4 nitrogen and oxygen atoms in total. The summed E-state index contributed by atoms with van der Waals surface area (Å²) in [6, 6.07) is 78.5. The van der Waals surface area contributed by atoms with Crippen molar-refractivity contribution >= 4 is 21.8 Å². The minimum atomic E-state index is -0.447. The molecule has 0 N–H and O–H groups in total. The highest BCUT2D eigenvalue weighted by molar-refractivity contribution is 6.12. The van der Waals surface area contributed by atoms with Crippen molar-refractivity contribution in [1.82, 2.24) is 19.5 Å². The topological polar surface area (TPSA) is 43.6 Å². The molecule has 2 aromatic heterocycles. The lowest BCUT2D eigenvalue weighted by atomic mass is 9.70. The third-order valence-electron chi connectivity index (χ3n) is 13.1. The van der Waals surface area contributed by atoms with Gasteiger partial charge in [-0.2, -0.15) is 9.97 Å². The van der Waals surface area contributed by atoms with E-state index in [1.54, 1.807) is 0 Å². The molecular formula is C58H36N4. The van der Waals surface area contributed by atoms with Crippen LogP contribution in [0.4, 0.5) is 0 Å². The van der Waals surface area contributed by atoms with Gasteiger partial charge in [-0.3, -0.25) is 4.57 Å². The van der Waals surface area contributed by atoms with Crippen LogP contribution in [0.15, 0.2) is 218 Å². The highest BCUT2D eigenvalue weighted by Gasteiger charge is 2.51. The van der Waals surface area contributed by atoms with Gasteiger partial charge in [0.05, 0.1) is 16.4 Å². The first-order valence-corrected chi connectivity index (χ1v) is 21.2. The molecule has 0 aliphatic heterocycles. The molecule has 1 spiro atoms. The van der Waals surface area contributed by atoms with Crippen molar-refractivity contribution in [2.75, 3.05) is 0 Å². The van der Waals surface area contributed by atoms with Crippen molar-refractivity contribution < 1.29 is 0 Å². The third kappa shape index (κ3) is 4.98. The summed E-state index contributed by atoms with van der Waals surface area (Å²) in [4.78, 5) is 16.0. The van der Waals surface area contributed by atoms with Crippen LogP contribution in [0.2, 0.25) is 0 Å². The Labute approximate surface area is 359 Å². The number of hydrogen-bond acceptors (Lipinski definition) is 3. The van der Waals surface area contributed by atoms with Crippen LogP contribution in [0.3, 0.4) is 0 Å². The molecule has 0 fully saturated rings. The van der Waals surface area contributed by atoms with Gasteiger partial charge in [0.15, 0.2) is 11.6 Å². The molecule has 0 atom stereocenters. The summed E-state index contributed by atoms with van der Waals surface area (Å²) < 4.78 is 2.26. The molecule has 0 unspecified atom stereocenters. The van der Waals surface area contributed by atoms with Gasteiger partial charge in [-0.1, -0.05) is 188 Å². The fourth-order valence-electron chi connectivity index (χ4n) is 10.4. The zero-order valence-corrected chi connectivity index (χ0v) is 33.6. The smallest absolute Gasteiger partial charge is 0.238 e. The van der Waals surface area contributed by atoms with Gasteiger partial charge in [0.2, 0.25) is 5.95 Å². The minimum Gasteiger partial charge on any atom is -0.278 e. The molecule has 0 bridgehead atoms. The monoisotopic (exact) mass is 788 g/mol. The summed E-state index contributed by atoms with van der Waals surface area (Å²) in [5.74, 6) is 1.80. The molecule has 0 saturated carbocycles. The lowest BCUT2D eigenvalue weighted by molar-refractivity contribution is 0.795. The Hall–Kier alpha value is -8.21. The predicted octanol–water partition coefficient (Wildman–Crippen LogP) is 14.0. The summed E-state index contributed by atoms with van der Waals surface area (Å²) in [6.45, 7) is 0. The van der Waals surface area contributed by atoms with E-state index < -0.39 is 5.41 Å². The highest BCUT2D eigenvalue weighted by atomic mass is 15.2. The number of fused-ring (bicyclic) bond motifs is 13. The molecule has 2 heterocycles. The molecule has 62 heavy (non-hydrogen) atoms. The first-order chi connectivity index (χ1) is 30.7. The van der Waals surface area contributed by atoms with Crippen LogP contribution in [0.5, 0.6) is 0 Å². The number of aromatic nitrogens is 4. The van der Waals surface area contributed by atoms with Crippen LogP contribution < -0.4 is 0 Å². The van der Waals surface area contributed by atoms with Crippen LogP contribution in [-0.4, -0.2) is 19.5 Å². The quantitative estimate of drug-likeness (QED) is 0.174. The van der Waals surface area contributed by atoms with Crippen molar-refractivity contribution in [2.45, 2.75) is 5.41 Å². The van der Waals surface area contributed by atoms with Crippen LogP contribution in [-0.2, 0) is 5.41 Å². The summed E-state index contributed by atoms with van der Waals surface area (Å²) in [6.07, 6.45) is 0. The maximum atomic E-state index is 5.40. The minimum absolute atomic E-state index is 0.447. The molecule has 2 aliphatic carbocycles. The van der Waals surface area contributed by atoms with Gasteiger partial charge in [-0.15, -0.1) is 0 Å². The van der Waals surface area contributed by atoms with Crippen LogP contribution in [0, 0.1) is 0 Å². The molecule has 0 amide bonds. The largest absolute Gasteiger partial charge is 0.278 e. The molecule has 0 saturated heterocycles. The van der Waals surface area contributed by atoms with E-state index in [0.717, 1.165) is 55.2 Å². The highest BCUT2D eigenvalue weighted by Crippen LogP contribution is 2.63. The average molecular weight is 789 g/mol. The number of para-hydroxylation sites is 1. The molecule has 2 aliphatic rings. The van der Waals surface area contributed by atoms with Gasteiger partial charge in [-0.25, -0.2) is 4.98 Å². The SMILES string of the molecule is c1ccc(-c2cccc(-c3nc(-c4cccc(-c5ccccc5)c4)nc(-n4c5ccccc5c5cc6c(cc54)-c4ccccc4C64c5ccccc5-c5ccccc54)n3)c2)cc1. The predicted molar refractivity (Wildman–Crippen MR) is 252 cm³/mol. The lowest BCUT2D eigenvalue weighted by Crippen LogP contribution is -2.25. The van der Waals surface area contributed by atoms with Crippen molar-refractivity contribution in [3.8, 4) is 73.2 Å². The Balaban J connectivity index is 1.09. The van der Waals surface area contributed by atoms with E-state index in [-0.39, 0.29) is 0 Å². The van der Waals surface area contributed by atoms with Crippen molar-refractivity contribution in [1.29, 1.82) is 0 Å². The maximum absolute atomic E-state index is 5.40. The van der Waals surface area contributed by atoms with Crippen molar-refractivity contribution in [3.05, 3.63) is 241 Å². The fraction of sp³-hybridized carbons (Fsp3) is 0.0172. The fourth-order valence-corrected chi connectivity index (χ4v) is 10.4. The van der Waals surface area contributed by atoms with Gasteiger partial charge in [0, 0.05) is 21.9 Å². The first-order valence-electron chi connectivity index (χ1n) is 21.2. The Kier molecular flexibility index (Phi) is 7.49. The van der Waals surface area contributed by atoms with Crippen LogP contribution >= 0.6 is 0 Å². The lowest BCUT2D eigenvalue weighted by Gasteiger charge is -2.30. The van der Waals surface area contributed by atoms with E-state index in [4.69, 9.17) is 15.0 Å². The van der Waals surface area contributed by atoms with Gasteiger partial charge >= 0.3 is 0 Å². The number of hydrogen-bond donors (Lipinski definition) is 0. The normalized spacial score (nSPS) is 13.0. The van der Waals surface area contributed by atoms with E-state index in [1.165, 1.54) is 44.5 Å². The maximum Gasteiger partial charge on any atom is 0.238 e. The van der Waals surface area contributed by atoms with Crippen molar-refractivity contribution in [2.24, 2.45) is 0 Å². The summed E-state index contributed by atoms with van der Waals surface area (Å²) in [5, 5.41) is 2.31. The Morgan fingerprint density at radius 3 is 1.31 bits per heavy atom. The zero-order chi connectivity index (χ0) is 40.8. The summed E-state index contributed by atoms with van der Waals surface area (Å²) in [5.41, 5.74) is 18.3. The second-order valence-corrected chi connectivity index (χ2v) is 16.3. The van der Waals surface area contributed by atoms with Gasteiger partial charge in [-0.05, 0) is 97.1 Å². The second kappa shape index (κ2) is 13.4. The molecule has 9 aromatic carbocycles. The van der Waals surface area contributed by atoms with E-state index in [9.17, 15) is 0 Å². The van der Waals surface area contributed by atoms with E-state index in [2.05, 4.69) is 211 Å². The first kappa shape index (κ1) is 34.6. The van der Waals surface area contributed by atoms with E-state index in [0.29, 0.717) is 17.6 Å². The van der Waals surface area contributed by atoms with Crippen LogP contribution in [0.25, 0.3) is 95.0 Å². The second-order valence-electron chi connectivity index (χ2n) is 16.3. The summed E-state index contributed by atoms with van der Waals surface area (Å²) >= 11 is 0. The molecule has 13 rings (SSSR count). The third-order valence-corrected chi connectivity index (χ3v) is 13.1. The Morgan fingerprint density at radius 2 is 0.742 bits per heavy atom. The molecule has 11 aromatic rings. The number of nitrogens with zero attached hydrogens (tertiary/aromatic N) is 4. The van der Waals surface area contributed by atoms with Gasteiger partial charge in [0.1, 0.15) is 0 Å². The molecule has 288 valence electrons. The van der Waals surface area contributed by atoms with Gasteiger partial charge in [0.25, 0.3) is 0 Å². The molecular weight excluding hydrogens is 753 g/mol. The van der Waals surface area contributed by atoms with E-state index in [1.807, 2.05) is 12.1 Å². The standard InChI is InChI=1S/C58H36N4/c1-3-17-37(18-4-1)39-21-15-23-41(33-39)55-59-56(42-24-16-22-40(34-42)38-19-5-2-6-20-38)61-57(60-55)62-53-32-14-10-28-46(53)48-35-52-47(36-54(48)62)45-27-9-13-31-51(45)58(52)49-29-11-7-25-43(49)44-26-8-12-30-50(44)58/h1-36H. The molecule has 4 heteroatoms. The zero-order valence-electron chi connectivity index (χ0n) is 33.6. The van der Waals surface area contributed by atoms with Crippen LogP contribution in [0.1, 0.15) is 22.3 Å².